The van der Waals surface area contributed by atoms with E-state index in [-0.39, 0.29) is 13.2 Å². The maximum Gasteiger partial charge on any atom is 0.353 e. The minimum absolute atomic E-state index is 0.254. The summed E-state index contributed by atoms with van der Waals surface area (Å²) in [4.78, 5) is 30.8. The predicted octanol–water partition coefficient (Wildman–Crippen LogP) is 4.59. The first-order valence-electron chi connectivity index (χ1n) is 10.9. The van der Waals surface area contributed by atoms with E-state index in [1.165, 1.54) is 0 Å². The second-order valence-electron chi connectivity index (χ2n) is 8.00. The molecule has 1 aliphatic heterocycles. The monoisotopic (exact) mass is 425 g/mol. The number of hydrogen-bond donors (Lipinski definition) is 0. The molecule has 3 rings (SSSR count). The van der Waals surface area contributed by atoms with Crippen LogP contribution in [0.1, 0.15) is 41.0 Å². The summed E-state index contributed by atoms with van der Waals surface area (Å²) >= 11 is 0. The highest BCUT2D eigenvalue weighted by Gasteiger charge is 2.59. The molecule has 4 atom stereocenters. The molecule has 2 aromatic rings. The molecule has 2 aromatic carbocycles. The highest BCUT2D eigenvalue weighted by Crippen LogP contribution is 2.41. The molecule has 0 radical (unpaired) electrons. The fourth-order valence-electron chi connectivity index (χ4n) is 4.39. The third kappa shape index (κ3) is 4.29. The molecule has 0 saturated carbocycles. The molecule has 166 valence electrons. The molecule has 6 nitrogen and oxygen atoms in total. The van der Waals surface area contributed by atoms with Crippen molar-refractivity contribution in [2.45, 2.75) is 52.7 Å². The van der Waals surface area contributed by atoms with E-state index in [2.05, 4.69) is 4.99 Å². The van der Waals surface area contributed by atoms with Crippen LogP contribution in [0.2, 0.25) is 0 Å². The Morgan fingerprint density at radius 1 is 1.03 bits per heavy atom. The van der Waals surface area contributed by atoms with Crippen LogP contribution in [0.4, 0.5) is 0 Å². The van der Waals surface area contributed by atoms with E-state index < -0.39 is 35.4 Å². The Balaban J connectivity index is 2.08. The minimum Gasteiger partial charge on any atom is -0.473 e. The van der Waals surface area contributed by atoms with Crippen molar-refractivity contribution >= 4 is 28.4 Å². The van der Waals surface area contributed by atoms with Gasteiger partial charge in [0.1, 0.15) is 11.7 Å². The molecule has 6 heteroatoms. The Labute approximate surface area is 183 Å². The van der Waals surface area contributed by atoms with Gasteiger partial charge in [0, 0.05) is 11.6 Å². The van der Waals surface area contributed by atoms with E-state index in [0.29, 0.717) is 17.9 Å². The lowest BCUT2D eigenvalue weighted by molar-refractivity contribution is -0.174. The van der Waals surface area contributed by atoms with Crippen LogP contribution < -0.4 is 4.74 Å². The normalized spacial score (nSPS) is 25.6. The SMILES string of the molecule is CCCOC(=O)C1(Oc2ccc3ccccc3c2)C(C)N=C(C)C(C(=O)OCC)C1C. The number of carbonyl (C=O) groups is 2. The zero-order valence-electron chi connectivity index (χ0n) is 18.9. The lowest BCUT2D eigenvalue weighted by Crippen LogP contribution is -2.64. The Bertz CT molecular complexity index is 985. The van der Waals surface area contributed by atoms with Gasteiger partial charge in [0.2, 0.25) is 5.60 Å². The number of nitrogens with zero attached hydrogens (tertiary/aromatic N) is 1. The van der Waals surface area contributed by atoms with Crippen LogP contribution in [-0.2, 0) is 19.1 Å². The number of esters is 2. The third-order valence-corrected chi connectivity index (χ3v) is 5.95. The van der Waals surface area contributed by atoms with Crippen molar-refractivity contribution in [3.8, 4) is 5.75 Å². The summed E-state index contributed by atoms with van der Waals surface area (Å²) < 4.78 is 17.3. The summed E-state index contributed by atoms with van der Waals surface area (Å²) in [5, 5.41) is 2.07. The molecular formula is C25H31NO5. The molecule has 0 bridgehead atoms. The van der Waals surface area contributed by atoms with E-state index in [9.17, 15) is 9.59 Å². The number of fused-ring (bicyclic) bond motifs is 1. The summed E-state index contributed by atoms with van der Waals surface area (Å²) in [7, 11) is 0. The molecule has 0 N–H and O–H groups in total. The molecule has 0 fully saturated rings. The summed E-state index contributed by atoms with van der Waals surface area (Å²) in [5.41, 5.74) is -0.811. The number of benzene rings is 2. The quantitative estimate of drug-likeness (QED) is 0.607. The van der Waals surface area contributed by atoms with Gasteiger partial charge in [0.15, 0.2) is 0 Å². The molecule has 0 aromatic heterocycles. The van der Waals surface area contributed by atoms with Gasteiger partial charge in [-0.25, -0.2) is 4.79 Å². The fraction of sp³-hybridized carbons (Fsp3) is 0.480. The smallest absolute Gasteiger partial charge is 0.353 e. The van der Waals surface area contributed by atoms with Crippen molar-refractivity contribution in [2.75, 3.05) is 13.2 Å². The Kier molecular flexibility index (Phi) is 6.98. The molecule has 1 aliphatic rings. The van der Waals surface area contributed by atoms with E-state index in [0.717, 1.165) is 10.8 Å². The average molecular weight is 426 g/mol. The van der Waals surface area contributed by atoms with Gasteiger partial charge in [-0.15, -0.1) is 0 Å². The Morgan fingerprint density at radius 3 is 2.42 bits per heavy atom. The van der Waals surface area contributed by atoms with Crippen LogP contribution in [0.15, 0.2) is 47.5 Å². The standard InChI is InChI=1S/C25H31NO5/c1-6-14-30-24(28)25(31-21-13-12-19-10-8-9-11-20(19)15-21)16(3)22(23(27)29-7-2)17(4)26-18(25)5/h8-13,15-16,18,22H,6-7,14H2,1-5H3. The second-order valence-corrected chi connectivity index (χ2v) is 8.00. The van der Waals surface area contributed by atoms with Crippen LogP contribution in [0, 0.1) is 11.8 Å². The molecule has 4 unspecified atom stereocenters. The van der Waals surface area contributed by atoms with Crippen molar-refractivity contribution in [1.82, 2.24) is 0 Å². The number of aliphatic imine (C=N–C) groups is 1. The van der Waals surface area contributed by atoms with Gasteiger partial charge >= 0.3 is 11.9 Å². The van der Waals surface area contributed by atoms with E-state index >= 15 is 0 Å². The fourth-order valence-corrected chi connectivity index (χ4v) is 4.39. The third-order valence-electron chi connectivity index (χ3n) is 5.95. The minimum atomic E-state index is -1.45. The van der Waals surface area contributed by atoms with Crippen molar-refractivity contribution in [3.63, 3.8) is 0 Å². The van der Waals surface area contributed by atoms with Crippen LogP contribution >= 0.6 is 0 Å². The Hall–Kier alpha value is -2.89. The first kappa shape index (κ1) is 22.8. The molecule has 1 heterocycles. The topological polar surface area (TPSA) is 74.2 Å². The van der Waals surface area contributed by atoms with Gasteiger partial charge in [0.25, 0.3) is 0 Å². The number of carbonyl (C=O) groups excluding carboxylic acids is 2. The lowest BCUT2D eigenvalue weighted by Gasteiger charge is -2.45. The van der Waals surface area contributed by atoms with E-state index in [4.69, 9.17) is 14.2 Å². The van der Waals surface area contributed by atoms with Gasteiger partial charge < -0.3 is 14.2 Å². The second kappa shape index (κ2) is 9.50. The highest BCUT2D eigenvalue weighted by atomic mass is 16.6. The maximum atomic E-state index is 13.4. The van der Waals surface area contributed by atoms with Crippen LogP contribution in [0.25, 0.3) is 10.8 Å². The predicted molar refractivity (Wildman–Crippen MR) is 120 cm³/mol. The summed E-state index contributed by atoms with van der Waals surface area (Å²) in [5.74, 6) is -1.60. The van der Waals surface area contributed by atoms with Gasteiger partial charge in [-0.3, -0.25) is 9.79 Å². The number of rotatable bonds is 7. The lowest BCUT2D eigenvalue weighted by atomic mass is 9.71. The average Bonchev–Trinajstić information content (AvgIpc) is 2.75. The van der Waals surface area contributed by atoms with Crippen molar-refractivity contribution in [1.29, 1.82) is 0 Å². The highest BCUT2D eigenvalue weighted by molar-refractivity contribution is 6.03. The van der Waals surface area contributed by atoms with E-state index in [1.807, 2.05) is 63.2 Å². The molecule has 31 heavy (non-hydrogen) atoms. The van der Waals surface area contributed by atoms with Gasteiger partial charge in [0.05, 0.1) is 19.3 Å². The van der Waals surface area contributed by atoms with Gasteiger partial charge in [-0.05, 0) is 50.1 Å². The van der Waals surface area contributed by atoms with E-state index in [1.54, 1.807) is 13.8 Å². The first-order chi connectivity index (χ1) is 14.8. The number of ether oxygens (including phenoxy) is 3. The maximum absolute atomic E-state index is 13.4. The van der Waals surface area contributed by atoms with Crippen molar-refractivity contribution in [3.05, 3.63) is 42.5 Å². The molecule has 0 amide bonds. The molecule has 0 saturated heterocycles. The molecule has 0 spiro atoms. The van der Waals surface area contributed by atoms with Crippen molar-refractivity contribution in [2.24, 2.45) is 16.8 Å². The largest absolute Gasteiger partial charge is 0.473 e. The Morgan fingerprint density at radius 2 is 1.74 bits per heavy atom. The zero-order valence-corrected chi connectivity index (χ0v) is 18.9. The number of hydrogen-bond acceptors (Lipinski definition) is 6. The molecular weight excluding hydrogens is 394 g/mol. The summed E-state index contributed by atoms with van der Waals surface area (Å²) in [6.45, 7) is 9.68. The first-order valence-corrected chi connectivity index (χ1v) is 10.9. The van der Waals surface area contributed by atoms with Gasteiger partial charge in [-0.1, -0.05) is 44.2 Å². The summed E-state index contributed by atoms with van der Waals surface area (Å²) in [6, 6.07) is 13.1. The summed E-state index contributed by atoms with van der Waals surface area (Å²) in [6.07, 6.45) is 0.685. The van der Waals surface area contributed by atoms with Crippen LogP contribution in [0.5, 0.6) is 5.75 Å². The zero-order chi connectivity index (χ0) is 22.6. The van der Waals surface area contributed by atoms with Gasteiger partial charge in [-0.2, -0.15) is 0 Å². The van der Waals surface area contributed by atoms with Crippen LogP contribution in [0.3, 0.4) is 0 Å². The van der Waals surface area contributed by atoms with Crippen molar-refractivity contribution < 1.29 is 23.8 Å². The molecule has 0 aliphatic carbocycles. The van der Waals surface area contributed by atoms with Crippen LogP contribution in [-0.4, -0.2) is 42.5 Å².